The van der Waals surface area contributed by atoms with Crippen molar-refractivity contribution in [2.75, 3.05) is 0 Å². The fraction of sp³-hybridized carbons (Fsp3) is 0.350. The topological polar surface area (TPSA) is 101 Å². The van der Waals surface area contributed by atoms with E-state index in [1.807, 2.05) is 0 Å². The molecule has 3 heterocycles. The Morgan fingerprint density at radius 2 is 1.97 bits per heavy atom. The van der Waals surface area contributed by atoms with E-state index in [2.05, 4.69) is 25.3 Å². The monoisotopic (exact) mass is 427 g/mol. The number of pyridine rings is 2. The van der Waals surface area contributed by atoms with E-state index in [-0.39, 0.29) is 17.0 Å². The lowest BCUT2D eigenvalue weighted by atomic mass is 9.92. The zero-order valence-electron chi connectivity index (χ0n) is 15.5. The zero-order chi connectivity index (χ0) is 20.2. The summed E-state index contributed by atoms with van der Waals surface area (Å²) in [5, 5.41) is 10.9. The minimum absolute atomic E-state index is 0.0308. The third-order valence-electron chi connectivity index (χ3n) is 5.60. The minimum Gasteiger partial charge on any atom is -0.334 e. The van der Waals surface area contributed by atoms with Gasteiger partial charge in [0.05, 0.1) is 28.7 Å². The first kappa shape index (κ1) is 18.6. The van der Waals surface area contributed by atoms with Crippen LogP contribution in [0.1, 0.15) is 43.7 Å². The van der Waals surface area contributed by atoms with Gasteiger partial charge in [0, 0.05) is 23.7 Å². The number of hydrogen-bond donors (Lipinski definition) is 1. The van der Waals surface area contributed by atoms with Crippen molar-refractivity contribution in [1.82, 2.24) is 19.3 Å². The van der Waals surface area contributed by atoms with Crippen molar-refractivity contribution in [3.8, 4) is 17.5 Å². The number of sulfonamides is 1. The van der Waals surface area contributed by atoms with Crippen LogP contribution in [0.4, 0.5) is 0 Å². The van der Waals surface area contributed by atoms with Gasteiger partial charge in [-0.1, -0.05) is 11.6 Å². The number of nitrogens with one attached hydrogen (secondary N) is 1. The van der Waals surface area contributed by atoms with Crippen molar-refractivity contribution in [2.45, 2.75) is 49.1 Å². The molecule has 0 aromatic carbocycles. The fourth-order valence-corrected chi connectivity index (χ4v) is 5.15. The lowest BCUT2D eigenvalue weighted by Crippen LogP contribution is -2.25. The predicted molar refractivity (Wildman–Crippen MR) is 109 cm³/mol. The molecule has 5 rings (SSSR count). The van der Waals surface area contributed by atoms with Crippen molar-refractivity contribution >= 4 is 32.5 Å². The van der Waals surface area contributed by atoms with E-state index in [9.17, 15) is 13.7 Å². The van der Waals surface area contributed by atoms with Crippen LogP contribution in [0.5, 0.6) is 0 Å². The van der Waals surface area contributed by atoms with E-state index in [0.29, 0.717) is 22.1 Å². The molecule has 9 heteroatoms. The maximum absolute atomic E-state index is 12.4. The molecule has 3 aromatic heterocycles. The molecule has 2 fully saturated rings. The average molecular weight is 428 g/mol. The van der Waals surface area contributed by atoms with Crippen molar-refractivity contribution < 1.29 is 8.42 Å². The highest BCUT2D eigenvalue weighted by Crippen LogP contribution is 2.42. The molecule has 148 valence electrons. The molecule has 3 aromatic rings. The van der Waals surface area contributed by atoms with Gasteiger partial charge in [-0.15, -0.1) is 0 Å². The molecule has 0 aliphatic heterocycles. The standard InChI is InChI=1S/C20H18ClN5O2S/c21-19-8-15-16(9-22)20(26(13-2-1-3-13)18(15)11-24-19)17-7-6-14(10-23-17)29(27,28)25-12-4-5-12/h6-8,10-13,25H,1-5H2. The second kappa shape index (κ2) is 6.80. The normalized spacial score (nSPS) is 17.2. The third kappa shape index (κ3) is 3.19. The average Bonchev–Trinajstić information content (AvgIpc) is 3.41. The molecule has 0 spiro atoms. The summed E-state index contributed by atoms with van der Waals surface area (Å²) >= 11 is 6.08. The van der Waals surface area contributed by atoms with Gasteiger partial charge in [0.15, 0.2) is 0 Å². The van der Waals surface area contributed by atoms with Crippen LogP contribution >= 0.6 is 11.6 Å². The lowest BCUT2D eigenvalue weighted by Gasteiger charge is -2.29. The number of hydrogen-bond acceptors (Lipinski definition) is 5. The SMILES string of the molecule is N#Cc1c(-c2ccc(S(=O)(=O)NC3CC3)cn2)n(C2CCC2)c2cnc(Cl)cc12. The number of fused-ring (bicyclic) bond motifs is 1. The quantitative estimate of drug-likeness (QED) is 0.624. The van der Waals surface area contributed by atoms with E-state index < -0.39 is 10.0 Å². The highest BCUT2D eigenvalue weighted by molar-refractivity contribution is 7.89. The second-order valence-corrected chi connectivity index (χ2v) is 9.69. The summed E-state index contributed by atoms with van der Waals surface area (Å²) < 4.78 is 29.6. The Bertz CT molecular complexity index is 1250. The van der Waals surface area contributed by atoms with E-state index >= 15 is 0 Å². The van der Waals surface area contributed by atoms with Crippen molar-refractivity contribution in [2.24, 2.45) is 0 Å². The molecule has 0 bridgehead atoms. The molecule has 2 aliphatic carbocycles. The van der Waals surface area contributed by atoms with Crippen molar-refractivity contribution in [3.63, 3.8) is 0 Å². The van der Waals surface area contributed by atoms with E-state index in [4.69, 9.17) is 11.6 Å². The molecule has 7 nitrogen and oxygen atoms in total. The molecule has 29 heavy (non-hydrogen) atoms. The Kier molecular flexibility index (Phi) is 4.35. The van der Waals surface area contributed by atoms with Crippen LogP contribution < -0.4 is 4.72 Å². The molecule has 0 atom stereocenters. The first-order chi connectivity index (χ1) is 14.0. The van der Waals surface area contributed by atoms with Crippen LogP contribution in [-0.2, 0) is 10.0 Å². The van der Waals surface area contributed by atoms with Gasteiger partial charge in [-0.3, -0.25) is 4.98 Å². The maximum Gasteiger partial charge on any atom is 0.242 e. The van der Waals surface area contributed by atoms with Crippen LogP contribution in [-0.4, -0.2) is 29.0 Å². The lowest BCUT2D eigenvalue weighted by molar-refractivity contribution is 0.324. The molecule has 0 radical (unpaired) electrons. The minimum atomic E-state index is -3.57. The fourth-order valence-electron chi connectivity index (χ4n) is 3.74. The molecular formula is C20H18ClN5O2S. The van der Waals surface area contributed by atoms with Crippen LogP contribution in [0, 0.1) is 11.3 Å². The van der Waals surface area contributed by atoms with Gasteiger partial charge < -0.3 is 4.57 Å². The smallest absolute Gasteiger partial charge is 0.242 e. The van der Waals surface area contributed by atoms with Crippen LogP contribution in [0.3, 0.4) is 0 Å². The predicted octanol–water partition coefficient (Wildman–Crippen LogP) is 3.79. The number of halogens is 1. The summed E-state index contributed by atoms with van der Waals surface area (Å²) in [4.78, 5) is 8.75. The zero-order valence-corrected chi connectivity index (χ0v) is 17.0. The van der Waals surface area contributed by atoms with E-state index in [0.717, 1.165) is 43.0 Å². The molecule has 0 unspecified atom stereocenters. The van der Waals surface area contributed by atoms with E-state index in [1.54, 1.807) is 24.4 Å². The maximum atomic E-state index is 12.4. The van der Waals surface area contributed by atoms with Crippen molar-refractivity contribution in [1.29, 1.82) is 5.26 Å². The van der Waals surface area contributed by atoms with Gasteiger partial charge in [0.25, 0.3) is 0 Å². The first-order valence-electron chi connectivity index (χ1n) is 9.56. The Balaban J connectivity index is 1.65. The Morgan fingerprint density at radius 1 is 1.17 bits per heavy atom. The van der Waals surface area contributed by atoms with Gasteiger partial charge in [-0.05, 0) is 50.3 Å². The van der Waals surface area contributed by atoms with Crippen LogP contribution in [0.2, 0.25) is 5.15 Å². The summed E-state index contributed by atoms with van der Waals surface area (Å²) in [6.07, 6.45) is 7.95. The molecule has 2 aliphatic rings. The summed E-state index contributed by atoms with van der Waals surface area (Å²) in [5.41, 5.74) is 2.58. The summed E-state index contributed by atoms with van der Waals surface area (Å²) in [6.45, 7) is 0. The summed E-state index contributed by atoms with van der Waals surface area (Å²) in [7, 11) is -3.57. The first-order valence-corrected chi connectivity index (χ1v) is 11.4. The highest BCUT2D eigenvalue weighted by atomic mass is 35.5. The van der Waals surface area contributed by atoms with Gasteiger partial charge in [-0.2, -0.15) is 5.26 Å². The van der Waals surface area contributed by atoms with Crippen LogP contribution in [0.15, 0.2) is 35.5 Å². The number of nitriles is 1. The van der Waals surface area contributed by atoms with Crippen LogP contribution in [0.25, 0.3) is 22.3 Å². The van der Waals surface area contributed by atoms with Gasteiger partial charge in [0.1, 0.15) is 16.1 Å². The molecule has 2 saturated carbocycles. The number of rotatable bonds is 5. The summed E-state index contributed by atoms with van der Waals surface area (Å²) in [6, 6.07) is 7.50. The Hall–Kier alpha value is -2.47. The van der Waals surface area contributed by atoms with Gasteiger partial charge in [0.2, 0.25) is 10.0 Å². The number of aromatic nitrogens is 3. The van der Waals surface area contributed by atoms with Gasteiger partial charge >= 0.3 is 0 Å². The second-order valence-electron chi connectivity index (χ2n) is 7.59. The van der Waals surface area contributed by atoms with Crippen molar-refractivity contribution in [3.05, 3.63) is 41.3 Å². The number of nitrogens with zero attached hydrogens (tertiary/aromatic N) is 4. The largest absolute Gasteiger partial charge is 0.334 e. The molecule has 0 saturated heterocycles. The van der Waals surface area contributed by atoms with E-state index in [1.165, 1.54) is 6.20 Å². The van der Waals surface area contributed by atoms with Gasteiger partial charge in [-0.25, -0.2) is 18.1 Å². The Labute approximate surface area is 173 Å². The molecule has 0 amide bonds. The molecule has 1 N–H and O–H groups in total. The summed E-state index contributed by atoms with van der Waals surface area (Å²) in [5.74, 6) is 0. The third-order valence-corrected chi connectivity index (χ3v) is 7.31. The highest BCUT2D eigenvalue weighted by Gasteiger charge is 2.30. The molecular weight excluding hydrogens is 410 g/mol. The Morgan fingerprint density at radius 3 is 2.55 bits per heavy atom.